The highest BCUT2D eigenvalue weighted by Crippen LogP contribution is 2.12. The molecule has 0 fully saturated rings. The molecule has 0 aliphatic rings. The van der Waals surface area contributed by atoms with Gasteiger partial charge in [-0.15, -0.1) is 0 Å². The Morgan fingerprint density at radius 1 is 1.03 bits per heavy atom. The van der Waals surface area contributed by atoms with Crippen LogP contribution in [0.1, 0.15) is 17.7 Å². The number of H-pyrrole nitrogens is 1. The van der Waals surface area contributed by atoms with E-state index in [9.17, 15) is 29.4 Å². The second-order valence-electron chi connectivity index (χ2n) is 6.89. The standard InChI is InChI=1S/C19H24N6O6/c20-13(6-11-8-22-9-23-11)17(28)24-14(5-10-1-3-12(26)4-2-10)18(29)25-15(19(30)31)7-16(21)27/h1-4,8-9,13-15,26H,5-7,20H2,(H2,21,27)(H,22,23)(H,24,28)(H,25,29)(H,30,31). The molecule has 1 aromatic carbocycles. The van der Waals surface area contributed by atoms with E-state index in [0.717, 1.165) is 0 Å². The van der Waals surface area contributed by atoms with E-state index in [4.69, 9.17) is 11.5 Å². The summed E-state index contributed by atoms with van der Waals surface area (Å²) in [6, 6.07) is 2.15. The van der Waals surface area contributed by atoms with Crippen LogP contribution in [0.5, 0.6) is 5.75 Å². The molecule has 31 heavy (non-hydrogen) atoms. The Bertz CT molecular complexity index is 914. The average Bonchev–Trinajstić information content (AvgIpc) is 3.21. The zero-order chi connectivity index (χ0) is 23.0. The Labute approximate surface area is 177 Å². The summed E-state index contributed by atoms with van der Waals surface area (Å²) in [6.07, 6.45) is 2.46. The van der Waals surface area contributed by atoms with Crippen molar-refractivity contribution in [1.29, 1.82) is 0 Å². The lowest BCUT2D eigenvalue weighted by Gasteiger charge is -2.22. The predicted octanol–water partition coefficient (Wildman–Crippen LogP) is -1.84. The van der Waals surface area contributed by atoms with Gasteiger partial charge in [-0.2, -0.15) is 0 Å². The normalized spacial score (nSPS) is 13.6. The van der Waals surface area contributed by atoms with Crippen molar-refractivity contribution in [3.05, 3.63) is 48.0 Å². The van der Waals surface area contributed by atoms with Gasteiger partial charge < -0.3 is 37.3 Å². The minimum absolute atomic E-state index is 0.0163. The number of primary amides is 1. The third-order valence-corrected chi connectivity index (χ3v) is 4.36. The summed E-state index contributed by atoms with van der Waals surface area (Å²) in [5.74, 6) is -3.81. The van der Waals surface area contributed by atoms with Crippen LogP contribution >= 0.6 is 0 Å². The summed E-state index contributed by atoms with van der Waals surface area (Å²) in [7, 11) is 0. The Morgan fingerprint density at radius 3 is 2.23 bits per heavy atom. The SMILES string of the molecule is NC(=O)CC(NC(=O)C(Cc1ccc(O)cc1)NC(=O)C(N)Cc1cnc[nH]1)C(=O)O. The average molecular weight is 432 g/mol. The highest BCUT2D eigenvalue weighted by Gasteiger charge is 2.29. The molecule has 12 heteroatoms. The first-order valence-corrected chi connectivity index (χ1v) is 9.28. The summed E-state index contributed by atoms with van der Waals surface area (Å²) >= 11 is 0. The Hall–Kier alpha value is -3.93. The maximum Gasteiger partial charge on any atom is 0.326 e. The zero-order valence-electron chi connectivity index (χ0n) is 16.4. The van der Waals surface area contributed by atoms with Crippen molar-refractivity contribution in [2.75, 3.05) is 0 Å². The predicted molar refractivity (Wildman–Crippen MR) is 107 cm³/mol. The minimum Gasteiger partial charge on any atom is -0.508 e. The number of benzene rings is 1. The van der Waals surface area contributed by atoms with E-state index in [2.05, 4.69) is 20.6 Å². The van der Waals surface area contributed by atoms with Gasteiger partial charge in [-0.25, -0.2) is 9.78 Å². The summed E-state index contributed by atoms with van der Waals surface area (Å²) in [4.78, 5) is 54.4. The van der Waals surface area contributed by atoms with Crippen LogP contribution in [-0.2, 0) is 32.0 Å². The molecule has 1 aromatic heterocycles. The number of hydrogen-bond donors (Lipinski definition) is 7. The van der Waals surface area contributed by atoms with Gasteiger partial charge in [0, 0.05) is 24.7 Å². The largest absolute Gasteiger partial charge is 0.508 e. The third-order valence-electron chi connectivity index (χ3n) is 4.36. The number of rotatable bonds is 11. The van der Waals surface area contributed by atoms with Crippen molar-refractivity contribution in [3.8, 4) is 5.75 Å². The molecule has 2 aromatic rings. The fourth-order valence-corrected chi connectivity index (χ4v) is 2.76. The number of carboxylic acids is 1. The van der Waals surface area contributed by atoms with Crippen LogP contribution in [0.2, 0.25) is 0 Å². The first-order chi connectivity index (χ1) is 14.7. The summed E-state index contributed by atoms with van der Waals surface area (Å²) in [5, 5.41) is 23.4. The molecule has 12 nitrogen and oxygen atoms in total. The lowest BCUT2D eigenvalue weighted by molar-refractivity contribution is -0.143. The number of aromatic hydroxyl groups is 1. The van der Waals surface area contributed by atoms with Crippen LogP contribution < -0.4 is 22.1 Å². The van der Waals surface area contributed by atoms with Crippen molar-refractivity contribution < 1.29 is 29.4 Å². The number of aliphatic carboxylic acids is 1. The van der Waals surface area contributed by atoms with Crippen LogP contribution in [-0.4, -0.2) is 62.0 Å². The van der Waals surface area contributed by atoms with Crippen molar-refractivity contribution >= 4 is 23.7 Å². The fraction of sp³-hybridized carbons (Fsp3) is 0.316. The number of amides is 3. The van der Waals surface area contributed by atoms with Gasteiger partial charge in [0.25, 0.3) is 0 Å². The number of phenolic OH excluding ortho intramolecular Hbond substituents is 1. The molecular weight excluding hydrogens is 408 g/mol. The van der Waals surface area contributed by atoms with Gasteiger partial charge in [-0.1, -0.05) is 12.1 Å². The zero-order valence-corrected chi connectivity index (χ0v) is 16.4. The summed E-state index contributed by atoms with van der Waals surface area (Å²) in [6.45, 7) is 0. The first-order valence-electron chi connectivity index (χ1n) is 9.28. The van der Waals surface area contributed by atoms with Gasteiger partial charge in [0.15, 0.2) is 0 Å². The molecule has 0 spiro atoms. The number of imidazole rings is 1. The number of phenols is 1. The molecule has 1 heterocycles. The van der Waals surface area contributed by atoms with E-state index in [1.165, 1.54) is 24.7 Å². The molecule has 3 atom stereocenters. The van der Waals surface area contributed by atoms with Crippen molar-refractivity contribution in [1.82, 2.24) is 20.6 Å². The quantitative estimate of drug-likeness (QED) is 0.214. The monoisotopic (exact) mass is 432 g/mol. The molecule has 166 valence electrons. The van der Waals surface area contributed by atoms with Gasteiger partial charge in [-0.05, 0) is 17.7 Å². The molecule has 9 N–H and O–H groups in total. The maximum absolute atomic E-state index is 12.7. The molecule has 3 amide bonds. The molecule has 0 radical (unpaired) electrons. The van der Waals surface area contributed by atoms with Crippen LogP contribution in [0, 0.1) is 0 Å². The Kier molecular flexibility index (Phi) is 8.09. The van der Waals surface area contributed by atoms with Crippen LogP contribution in [0.15, 0.2) is 36.8 Å². The summed E-state index contributed by atoms with van der Waals surface area (Å²) < 4.78 is 0. The number of nitrogens with one attached hydrogen (secondary N) is 3. The molecule has 0 aliphatic carbocycles. The van der Waals surface area contributed by atoms with E-state index < -0.39 is 48.2 Å². The van der Waals surface area contributed by atoms with Gasteiger partial charge in [-0.3, -0.25) is 14.4 Å². The lowest BCUT2D eigenvalue weighted by Crippen LogP contribution is -2.56. The Morgan fingerprint density at radius 2 is 1.68 bits per heavy atom. The third kappa shape index (κ3) is 7.44. The fourth-order valence-electron chi connectivity index (χ4n) is 2.76. The lowest BCUT2D eigenvalue weighted by atomic mass is 10.0. The topological polar surface area (TPSA) is 214 Å². The van der Waals surface area contributed by atoms with Gasteiger partial charge >= 0.3 is 5.97 Å². The number of aromatic nitrogens is 2. The number of carbonyl (C=O) groups excluding carboxylic acids is 3. The highest BCUT2D eigenvalue weighted by atomic mass is 16.4. The van der Waals surface area contributed by atoms with E-state index in [1.807, 2.05) is 0 Å². The molecule has 0 saturated carbocycles. The Balaban J connectivity index is 2.15. The molecule has 3 unspecified atom stereocenters. The van der Waals surface area contributed by atoms with E-state index >= 15 is 0 Å². The number of carboxylic acid groups (broad SMARTS) is 1. The van der Waals surface area contributed by atoms with Gasteiger partial charge in [0.05, 0.1) is 18.8 Å². The molecule has 0 aliphatic heterocycles. The molecule has 0 bridgehead atoms. The number of nitrogens with two attached hydrogens (primary N) is 2. The van der Waals surface area contributed by atoms with E-state index in [-0.39, 0.29) is 18.6 Å². The van der Waals surface area contributed by atoms with Crippen molar-refractivity contribution in [2.24, 2.45) is 11.5 Å². The number of nitrogens with zero attached hydrogens (tertiary/aromatic N) is 1. The van der Waals surface area contributed by atoms with Gasteiger partial charge in [0.1, 0.15) is 17.8 Å². The van der Waals surface area contributed by atoms with Gasteiger partial charge in [0.2, 0.25) is 17.7 Å². The minimum atomic E-state index is -1.55. The molecule has 2 rings (SSSR count). The van der Waals surface area contributed by atoms with Crippen LogP contribution in [0.3, 0.4) is 0 Å². The molecular formula is C19H24N6O6. The first kappa shape index (κ1) is 23.3. The van der Waals surface area contributed by atoms with E-state index in [1.54, 1.807) is 12.1 Å². The second-order valence-corrected chi connectivity index (χ2v) is 6.89. The van der Waals surface area contributed by atoms with E-state index in [0.29, 0.717) is 11.3 Å². The van der Waals surface area contributed by atoms with Crippen LogP contribution in [0.25, 0.3) is 0 Å². The van der Waals surface area contributed by atoms with Crippen molar-refractivity contribution in [3.63, 3.8) is 0 Å². The van der Waals surface area contributed by atoms with Crippen molar-refractivity contribution in [2.45, 2.75) is 37.4 Å². The maximum atomic E-state index is 12.7. The number of carbonyl (C=O) groups is 4. The second kappa shape index (κ2) is 10.7. The smallest absolute Gasteiger partial charge is 0.326 e. The molecule has 0 saturated heterocycles. The number of aromatic amines is 1. The number of hydrogen-bond acceptors (Lipinski definition) is 7. The highest BCUT2D eigenvalue weighted by molar-refractivity contribution is 5.93. The summed E-state index contributed by atoms with van der Waals surface area (Å²) in [5.41, 5.74) is 12.1. The van der Waals surface area contributed by atoms with Crippen LogP contribution in [0.4, 0.5) is 0 Å².